The van der Waals surface area contributed by atoms with Crippen LogP contribution < -0.4 is 10.3 Å². The summed E-state index contributed by atoms with van der Waals surface area (Å²) in [4.78, 5) is 6.66. The van der Waals surface area contributed by atoms with Crippen molar-refractivity contribution in [1.82, 2.24) is 4.98 Å². The number of nitriles is 1. The molecular formula is C27H31N7. The lowest BCUT2D eigenvalue weighted by Gasteiger charge is -2.24. The van der Waals surface area contributed by atoms with E-state index in [9.17, 15) is 0 Å². The van der Waals surface area contributed by atoms with Gasteiger partial charge in [0.25, 0.3) is 0 Å². The molecule has 174 valence electrons. The number of unbranched alkanes of at least 4 members (excludes halogenated alkanes) is 2. The zero-order chi connectivity index (χ0) is 24.0. The minimum absolute atomic E-state index is 0.395. The molecule has 0 fully saturated rings. The minimum Gasteiger partial charge on any atom is -0.372 e. The topological polar surface area (TPSA) is 89.0 Å². The van der Waals surface area contributed by atoms with Crippen molar-refractivity contribution < 1.29 is 0 Å². The van der Waals surface area contributed by atoms with Gasteiger partial charge in [0.2, 0.25) is 5.84 Å². The van der Waals surface area contributed by atoms with Crippen molar-refractivity contribution in [2.75, 3.05) is 23.4 Å². The molecule has 3 aromatic rings. The Morgan fingerprint density at radius 3 is 2.24 bits per heavy atom. The monoisotopic (exact) mass is 453 g/mol. The van der Waals surface area contributed by atoms with Crippen molar-refractivity contribution in [2.24, 2.45) is 15.3 Å². The molecule has 1 aromatic heterocycles. The Hall–Kier alpha value is -4.05. The van der Waals surface area contributed by atoms with E-state index in [-0.39, 0.29) is 0 Å². The second-order valence-electron chi connectivity index (χ2n) is 7.86. The molecular weight excluding hydrogens is 422 g/mol. The van der Waals surface area contributed by atoms with Gasteiger partial charge < -0.3 is 4.90 Å². The molecule has 0 bridgehead atoms. The van der Waals surface area contributed by atoms with E-state index in [2.05, 4.69) is 62.7 Å². The molecule has 3 rings (SSSR count). The molecule has 1 N–H and O–H groups in total. The van der Waals surface area contributed by atoms with Crippen LogP contribution in [0.2, 0.25) is 0 Å². The van der Waals surface area contributed by atoms with E-state index in [1.54, 1.807) is 30.5 Å². The molecule has 0 aliphatic carbocycles. The fourth-order valence-electron chi connectivity index (χ4n) is 3.28. The smallest absolute Gasteiger partial charge is 0.201 e. The van der Waals surface area contributed by atoms with E-state index in [1.807, 2.05) is 30.3 Å². The predicted octanol–water partition coefficient (Wildman–Crippen LogP) is 6.92. The number of azo groups is 1. The van der Waals surface area contributed by atoms with Crippen LogP contribution in [0, 0.1) is 11.3 Å². The molecule has 0 unspecified atom stereocenters. The normalized spacial score (nSPS) is 11.4. The third kappa shape index (κ3) is 7.52. The van der Waals surface area contributed by atoms with Gasteiger partial charge >= 0.3 is 0 Å². The quantitative estimate of drug-likeness (QED) is 0.148. The Morgan fingerprint density at radius 1 is 0.941 bits per heavy atom. The third-order valence-corrected chi connectivity index (χ3v) is 5.25. The first-order valence-electron chi connectivity index (χ1n) is 11.8. The van der Waals surface area contributed by atoms with Crippen molar-refractivity contribution in [3.8, 4) is 6.07 Å². The van der Waals surface area contributed by atoms with Crippen LogP contribution in [0.1, 0.15) is 50.7 Å². The van der Waals surface area contributed by atoms with Crippen molar-refractivity contribution in [3.05, 3.63) is 84.1 Å². The van der Waals surface area contributed by atoms with E-state index >= 15 is 0 Å². The lowest BCUT2D eigenvalue weighted by atomic mass is 10.1. The van der Waals surface area contributed by atoms with Crippen LogP contribution in [0.25, 0.3) is 0 Å². The molecule has 0 saturated heterocycles. The average Bonchev–Trinajstić information content (AvgIpc) is 2.90. The summed E-state index contributed by atoms with van der Waals surface area (Å²) in [6, 6.07) is 22.9. The molecule has 0 aliphatic heterocycles. The first-order valence-corrected chi connectivity index (χ1v) is 11.8. The zero-order valence-corrected chi connectivity index (χ0v) is 19.9. The Bertz CT molecular complexity index is 1090. The molecule has 0 amide bonds. The van der Waals surface area contributed by atoms with Gasteiger partial charge in [-0.1, -0.05) is 32.8 Å². The van der Waals surface area contributed by atoms with Crippen LogP contribution >= 0.6 is 0 Å². The lowest BCUT2D eigenvalue weighted by Crippen LogP contribution is -2.25. The standard InChI is InChI=1S/C27H31N7/c1-3-5-19-34(20-6-4-2)25-16-14-24(15-17-25)30-32-27(23-12-10-22(21-28)11-13-23)33-31-26-9-7-8-18-29-26/h7-18H,3-6,19-20H2,1-2H3,(H,29,31)/b32-30+,33-27-. The van der Waals surface area contributed by atoms with Crippen molar-refractivity contribution in [3.63, 3.8) is 0 Å². The molecule has 34 heavy (non-hydrogen) atoms. The highest BCUT2D eigenvalue weighted by atomic mass is 15.4. The van der Waals surface area contributed by atoms with Gasteiger partial charge in [-0.25, -0.2) is 4.98 Å². The largest absolute Gasteiger partial charge is 0.372 e. The first-order chi connectivity index (χ1) is 16.7. The highest BCUT2D eigenvalue weighted by Crippen LogP contribution is 2.22. The highest BCUT2D eigenvalue weighted by molar-refractivity contribution is 5.99. The van der Waals surface area contributed by atoms with E-state index < -0.39 is 0 Å². The summed E-state index contributed by atoms with van der Waals surface area (Å²) in [5, 5.41) is 22.3. The Balaban J connectivity index is 1.79. The van der Waals surface area contributed by atoms with Gasteiger partial charge in [0.1, 0.15) is 5.82 Å². The van der Waals surface area contributed by atoms with Crippen molar-refractivity contribution >= 4 is 23.0 Å². The molecule has 2 aromatic carbocycles. The number of pyridine rings is 1. The van der Waals surface area contributed by atoms with Crippen LogP contribution in [0.15, 0.2) is 88.3 Å². The van der Waals surface area contributed by atoms with Crippen LogP contribution in [0.5, 0.6) is 0 Å². The molecule has 0 atom stereocenters. The number of anilines is 2. The second kappa shape index (κ2) is 13.5. The summed E-state index contributed by atoms with van der Waals surface area (Å²) < 4.78 is 0. The van der Waals surface area contributed by atoms with Gasteiger partial charge in [0.05, 0.1) is 17.3 Å². The maximum atomic E-state index is 9.08. The van der Waals surface area contributed by atoms with Crippen molar-refractivity contribution in [2.45, 2.75) is 39.5 Å². The maximum absolute atomic E-state index is 9.08. The van der Waals surface area contributed by atoms with E-state index in [0.29, 0.717) is 17.2 Å². The van der Waals surface area contributed by atoms with Gasteiger partial charge in [0, 0.05) is 30.5 Å². The Morgan fingerprint density at radius 2 is 1.65 bits per heavy atom. The SMILES string of the molecule is CCCCN(CCCC)c1ccc(/N=N/C(=N\Nc2ccccn2)c2ccc(C#N)cc2)cc1. The summed E-state index contributed by atoms with van der Waals surface area (Å²) in [6.45, 7) is 6.56. The number of hydrazone groups is 1. The van der Waals surface area contributed by atoms with Crippen LogP contribution in [-0.4, -0.2) is 23.9 Å². The fourth-order valence-corrected chi connectivity index (χ4v) is 3.28. The minimum atomic E-state index is 0.395. The van der Waals surface area contributed by atoms with Crippen molar-refractivity contribution in [1.29, 1.82) is 5.26 Å². The molecule has 1 heterocycles. The number of hydrogen-bond donors (Lipinski definition) is 1. The first kappa shape index (κ1) is 24.6. The number of nitrogens with zero attached hydrogens (tertiary/aromatic N) is 6. The zero-order valence-electron chi connectivity index (χ0n) is 19.9. The lowest BCUT2D eigenvalue weighted by molar-refractivity contribution is 0.678. The third-order valence-electron chi connectivity index (χ3n) is 5.25. The summed E-state index contributed by atoms with van der Waals surface area (Å²) >= 11 is 0. The second-order valence-corrected chi connectivity index (χ2v) is 7.86. The molecule has 7 heteroatoms. The van der Waals surface area contributed by atoms with Gasteiger partial charge in [-0.3, -0.25) is 5.43 Å². The number of nitrogens with one attached hydrogen (secondary N) is 1. The number of aromatic nitrogens is 1. The summed E-state index contributed by atoms with van der Waals surface area (Å²) in [5.74, 6) is 0.999. The van der Waals surface area contributed by atoms with Gasteiger partial charge in [-0.05, 0) is 73.5 Å². The van der Waals surface area contributed by atoms with E-state index in [1.165, 1.54) is 31.4 Å². The number of hydrogen-bond acceptors (Lipinski definition) is 6. The Labute approximate surface area is 201 Å². The van der Waals surface area contributed by atoms with E-state index in [4.69, 9.17) is 5.26 Å². The fraction of sp³-hybridized carbons (Fsp3) is 0.296. The molecule has 0 saturated carbocycles. The number of benzene rings is 2. The Kier molecular flexibility index (Phi) is 9.75. The molecule has 7 nitrogen and oxygen atoms in total. The molecule has 0 aliphatic rings. The van der Waals surface area contributed by atoms with Crippen LogP contribution in [0.4, 0.5) is 17.2 Å². The summed E-state index contributed by atoms with van der Waals surface area (Å²) in [6.07, 6.45) is 6.40. The average molecular weight is 454 g/mol. The molecule has 0 spiro atoms. The van der Waals surface area contributed by atoms with Gasteiger partial charge in [-0.15, -0.1) is 10.2 Å². The van der Waals surface area contributed by atoms with Gasteiger partial charge in [-0.2, -0.15) is 10.4 Å². The van der Waals surface area contributed by atoms with Gasteiger partial charge in [0.15, 0.2) is 0 Å². The summed E-state index contributed by atoms with van der Waals surface area (Å²) in [5.41, 5.74) is 6.19. The van der Waals surface area contributed by atoms with E-state index in [0.717, 1.165) is 24.3 Å². The van der Waals surface area contributed by atoms with Crippen LogP contribution in [0.3, 0.4) is 0 Å². The number of amidine groups is 1. The molecule has 0 radical (unpaired) electrons. The predicted molar refractivity (Wildman–Crippen MR) is 139 cm³/mol. The van der Waals surface area contributed by atoms with Crippen LogP contribution in [-0.2, 0) is 0 Å². The number of rotatable bonds is 11. The summed E-state index contributed by atoms with van der Waals surface area (Å²) in [7, 11) is 0. The highest BCUT2D eigenvalue weighted by Gasteiger charge is 2.07. The maximum Gasteiger partial charge on any atom is 0.201 e.